The minimum Gasteiger partial charge on any atom is -0.353 e. The smallest absolute Gasteiger partial charge is 0.239 e. The van der Waals surface area contributed by atoms with Gasteiger partial charge in [-0.1, -0.05) is 13.8 Å². The second-order valence-corrected chi connectivity index (χ2v) is 4.53. The van der Waals surface area contributed by atoms with Gasteiger partial charge in [-0.2, -0.15) is 0 Å². The molecule has 0 atom stereocenters. The van der Waals surface area contributed by atoms with Crippen LogP contribution in [0.3, 0.4) is 0 Å². The van der Waals surface area contributed by atoms with Gasteiger partial charge in [0.1, 0.15) is 0 Å². The monoisotopic (exact) mass is 229 g/mol. The number of hydrogen-bond acceptors (Lipinski definition) is 3. The van der Waals surface area contributed by atoms with Gasteiger partial charge in [0, 0.05) is 19.5 Å². The Bertz CT molecular complexity index is 227. The summed E-state index contributed by atoms with van der Waals surface area (Å²) in [5.74, 6) is 0.105. The molecule has 0 unspecified atom stereocenters. The number of nitrogens with zero attached hydrogens (tertiary/aromatic N) is 1. The summed E-state index contributed by atoms with van der Waals surface area (Å²) in [7, 11) is 3.88. The van der Waals surface area contributed by atoms with Crippen molar-refractivity contribution in [3.63, 3.8) is 0 Å². The van der Waals surface area contributed by atoms with Crippen molar-refractivity contribution in [2.24, 2.45) is 5.92 Å². The summed E-state index contributed by atoms with van der Waals surface area (Å²) in [6.07, 6.45) is 0.463. The lowest BCUT2D eigenvalue weighted by molar-refractivity contribution is -0.126. The Morgan fingerprint density at radius 3 is 2.25 bits per heavy atom. The molecule has 0 bridgehead atoms. The molecule has 0 aliphatic heterocycles. The van der Waals surface area contributed by atoms with E-state index >= 15 is 0 Å². The number of likely N-dealkylation sites (N-methyl/N-ethyl adjacent to an activating group) is 1. The molecule has 0 aromatic heterocycles. The number of nitrogens with one attached hydrogen (secondary N) is 2. The van der Waals surface area contributed by atoms with Crippen molar-refractivity contribution < 1.29 is 9.59 Å². The first-order valence-corrected chi connectivity index (χ1v) is 5.60. The highest BCUT2D eigenvalue weighted by atomic mass is 16.2. The summed E-state index contributed by atoms with van der Waals surface area (Å²) in [5, 5.41) is 5.31. The molecule has 2 amide bonds. The highest BCUT2D eigenvalue weighted by molar-refractivity contribution is 5.84. The molecule has 0 fully saturated rings. The minimum absolute atomic E-state index is 0.0684. The van der Waals surface area contributed by atoms with Gasteiger partial charge in [0.15, 0.2) is 0 Å². The van der Waals surface area contributed by atoms with Gasteiger partial charge in [-0.15, -0.1) is 0 Å². The second kappa shape index (κ2) is 8.10. The molecule has 5 nitrogen and oxygen atoms in total. The van der Waals surface area contributed by atoms with Crippen molar-refractivity contribution in [3.05, 3.63) is 0 Å². The van der Waals surface area contributed by atoms with Crippen LogP contribution in [-0.4, -0.2) is 50.4 Å². The van der Waals surface area contributed by atoms with Crippen LogP contribution in [0.5, 0.6) is 0 Å². The SMILES string of the molecule is CC(C)CC(=O)NCC(=O)NCCN(C)C. The average Bonchev–Trinajstić information content (AvgIpc) is 2.13. The van der Waals surface area contributed by atoms with Crippen molar-refractivity contribution >= 4 is 11.8 Å². The molecule has 0 heterocycles. The van der Waals surface area contributed by atoms with Gasteiger partial charge in [-0.05, 0) is 20.0 Å². The average molecular weight is 229 g/mol. The van der Waals surface area contributed by atoms with Gasteiger partial charge in [-0.25, -0.2) is 0 Å². The first kappa shape index (κ1) is 14.9. The van der Waals surface area contributed by atoms with Crippen LogP contribution < -0.4 is 10.6 Å². The van der Waals surface area contributed by atoms with E-state index in [0.29, 0.717) is 18.9 Å². The van der Waals surface area contributed by atoms with Crippen LogP contribution in [-0.2, 0) is 9.59 Å². The molecule has 0 spiro atoms. The highest BCUT2D eigenvalue weighted by Crippen LogP contribution is 1.97. The molecule has 16 heavy (non-hydrogen) atoms. The second-order valence-electron chi connectivity index (χ2n) is 4.53. The fourth-order valence-electron chi connectivity index (χ4n) is 1.10. The van der Waals surface area contributed by atoms with E-state index in [4.69, 9.17) is 0 Å². The van der Waals surface area contributed by atoms with Crippen molar-refractivity contribution in [3.8, 4) is 0 Å². The summed E-state index contributed by atoms with van der Waals surface area (Å²) in [5.41, 5.74) is 0. The highest BCUT2D eigenvalue weighted by Gasteiger charge is 2.06. The Balaban J connectivity index is 3.53. The maximum absolute atomic E-state index is 11.3. The van der Waals surface area contributed by atoms with E-state index in [1.807, 2.05) is 32.8 Å². The minimum atomic E-state index is -0.140. The Hall–Kier alpha value is -1.10. The molecule has 94 valence electrons. The van der Waals surface area contributed by atoms with E-state index in [1.54, 1.807) is 0 Å². The van der Waals surface area contributed by atoms with Gasteiger partial charge in [-0.3, -0.25) is 9.59 Å². The first-order valence-electron chi connectivity index (χ1n) is 5.60. The van der Waals surface area contributed by atoms with E-state index in [2.05, 4.69) is 10.6 Å². The number of amides is 2. The molecule has 5 heteroatoms. The Morgan fingerprint density at radius 2 is 1.75 bits per heavy atom. The molecule has 0 saturated carbocycles. The lowest BCUT2D eigenvalue weighted by atomic mass is 10.1. The quantitative estimate of drug-likeness (QED) is 0.637. The zero-order valence-electron chi connectivity index (χ0n) is 10.7. The van der Waals surface area contributed by atoms with Crippen LogP contribution >= 0.6 is 0 Å². The Kier molecular flexibility index (Phi) is 7.54. The summed E-state index contributed by atoms with van der Waals surface area (Å²) in [4.78, 5) is 24.5. The molecule has 0 aromatic rings. The van der Waals surface area contributed by atoms with E-state index in [-0.39, 0.29) is 18.4 Å². The zero-order valence-corrected chi connectivity index (χ0v) is 10.7. The van der Waals surface area contributed by atoms with Crippen molar-refractivity contribution in [2.45, 2.75) is 20.3 Å². The molecule has 0 radical (unpaired) electrons. The lowest BCUT2D eigenvalue weighted by Gasteiger charge is -2.11. The van der Waals surface area contributed by atoms with Crippen LogP contribution in [0.1, 0.15) is 20.3 Å². The van der Waals surface area contributed by atoms with Crippen LogP contribution in [0.25, 0.3) is 0 Å². The predicted molar refractivity (Wildman–Crippen MR) is 64.0 cm³/mol. The van der Waals surface area contributed by atoms with Crippen molar-refractivity contribution in [2.75, 3.05) is 33.7 Å². The standard InChI is InChI=1S/C11H23N3O2/c1-9(2)7-10(15)13-8-11(16)12-5-6-14(3)4/h9H,5-8H2,1-4H3,(H,12,16)(H,13,15). The molecule has 0 aliphatic rings. The van der Waals surface area contributed by atoms with Gasteiger partial charge < -0.3 is 15.5 Å². The largest absolute Gasteiger partial charge is 0.353 e. The number of rotatable bonds is 7. The molecular weight excluding hydrogens is 206 g/mol. The van der Waals surface area contributed by atoms with Crippen molar-refractivity contribution in [1.82, 2.24) is 15.5 Å². The van der Waals surface area contributed by atoms with Crippen LogP contribution in [0.2, 0.25) is 0 Å². The molecule has 0 saturated heterocycles. The lowest BCUT2D eigenvalue weighted by Crippen LogP contribution is -2.39. The third-order valence-electron chi connectivity index (χ3n) is 1.92. The zero-order chi connectivity index (χ0) is 12.6. The topological polar surface area (TPSA) is 61.4 Å². The van der Waals surface area contributed by atoms with Gasteiger partial charge >= 0.3 is 0 Å². The maximum Gasteiger partial charge on any atom is 0.239 e. The normalized spacial score (nSPS) is 10.6. The Labute approximate surface area is 97.6 Å². The Morgan fingerprint density at radius 1 is 1.12 bits per heavy atom. The van der Waals surface area contributed by atoms with Gasteiger partial charge in [0.25, 0.3) is 0 Å². The number of hydrogen-bond donors (Lipinski definition) is 2. The third-order valence-corrected chi connectivity index (χ3v) is 1.92. The number of carbonyl (C=O) groups is 2. The van der Waals surface area contributed by atoms with E-state index in [9.17, 15) is 9.59 Å². The van der Waals surface area contributed by atoms with Crippen molar-refractivity contribution in [1.29, 1.82) is 0 Å². The third kappa shape index (κ3) is 9.45. The molecule has 0 aliphatic carbocycles. The van der Waals surface area contributed by atoms with Crippen LogP contribution in [0.4, 0.5) is 0 Å². The maximum atomic E-state index is 11.3. The summed E-state index contributed by atoms with van der Waals surface area (Å²) in [6, 6.07) is 0. The summed E-state index contributed by atoms with van der Waals surface area (Å²) >= 11 is 0. The van der Waals surface area contributed by atoms with E-state index in [0.717, 1.165) is 6.54 Å². The summed E-state index contributed by atoms with van der Waals surface area (Å²) < 4.78 is 0. The number of carbonyl (C=O) groups excluding carboxylic acids is 2. The predicted octanol–water partition coefficient (Wildman–Crippen LogP) is -0.173. The molecule has 0 aromatic carbocycles. The van der Waals surface area contributed by atoms with Crippen LogP contribution in [0.15, 0.2) is 0 Å². The molecule has 0 rings (SSSR count). The van der Waals surface area contributed by atoms with Crippen LogP contribution in [0, 0.1) is 5.92 Å². The van der Waals surface area contributed by atoms with Gasteiger partial charge in [0.2, 0.25) is 11.8 Å². The first-order chi connectivity index (χ1) is 7.41. The van der Waals surface area contributed by atoms with E-state index < -0.39 is 0 Å². The summed E-state index contributed by atoms with van der Waals surface area (Å²) in [6.45, 7) is 5.41. The van der Waals surface area contributed by atoms with E-state index in [1.165, 1.54) is 0 Å². The molecule has 2 N–H and O–H groups in total. The van der Waals surface area contributed by atoms with Gasteiger partial charge in [0.05, 0.1) is 6.54 Å². The fraction of sp³-hybridized carbons (Fsp3) is 0.818. The fourth-order valence-corrected chi connectivity index (χ4v) is 1.10. The molecular formula is C11H23N3O2.